The number of nitrogens with zero attached hydrogens (tertiary/aromatic N) is 2. The Morgan fingerprint density at radius 1 is 1.37 bits per heavy atom. The monoisotopic (exact) mass is 296 g/mol. The summed E-state index contributed by atoms with van der Waals surface area (Å²) in [5.74, 6) is 0.904. The maximum Gasteiger partial charge on any atom is 0.255 e. The third kappa shape index (κ3) is 3.25. The molecule has 2 aromatic heterocycles. The highest BCUT2D eigenvalue weighted by Crippen LogP contribution is 2.20. The number of aryl methyl sites for hydroxylation is 1. The number of rotatable bonds is 4. The molecule has 3 nitrogen and oxygen atoms in total. The molecule has 2 heterocycles. The van der Waals surface area contributed by atoms with Crippen molar-refractivity contribution < 1.29 is 0 Å². The van der Waals surface area contributed by atoms with Gasteiger partial charge >= 0.3 is 0 Å². The molecule has 0 radical (unpaired) electrons. The lowest BCUT2D eigenvalue weighted by molar-refractivity contribution is 0.629. The number of hydrogen-bond acceptors (Lipinski definition) is 3. The third-order valence-corrected chi connectivity index (χ3v) is 4.31. The minimum atomic E-state index is -0.0878. The average Bonchev–Trinajstić information content (AvgIpc) is 2.79. The molecule has 0 amide bonds. The SMILES string of the molecule is CCc1ccc(Cn2c(C(C)C)nc(Cl)cc2=O)s1. The summed E-state index contributed by atoms with van der Waals surface area (Å²) in [7, 11) is 0. The Balaban J connectivity index is 2.41. The van der Waals surface area contributed by atoms with Crippen molar-refractivity contribution in [2.75, 3.05) is 0 Å². The molecule has 0 saturated heterocycles. The predicted molar refractivity (Wildman–Crippen MR) is 80.4 cm³/mol. The first kappa shape index (κ1) is 14.3. The van der Waals surface area contributed by atoms with Crippen molar-refractivity contribution in [2.24, 2.45) is 0 Å². The zero-order valence-electron chi connectivity index (χ0n) is 11.3. The van der Waals surface area contributed by atoms with E-state index in [2.05, 4.69) is 24.0 Å². The molecule has 0 fully saturated rings. The van der Waals surface area contributed by atoms with Crippen LogP contribution in [-0.2, 0) is 13.0 Å². The topological polar surface area (TPSA) is 34.9 Å². The van der Waals surface area contributed by atoms with Gasteiger partial charge in [-0.05, 0) is 18.6 Å². The van der Waals surface area contributed by atoms with Crippen molar-refractivity contribution in [1.29, 1.82) is 0 Å². The van der Waals surface area contributed by atoms with E-state index in [0.717, 1.165) is 12.2 Å². The highest BCUT2D eigenvalue weighted by molar-refractivity contribution is 7.11. The van der Waals surface area contributed by atoms with Gasteiger partial charge in [0.05, 0.1) is 6.54 Å². The van der Waals surface area contributed by atoms with Crippen LogP contribution in [-0.4, -0.2) is 9.55 Å². The fraction of sp³-hybridized carbons (Fsp3) is 0.429. The molecular weight excluding hydrogens is 280 g/mol. The van der Waals surface area contributed by atoms with E-state index in [1.54, 1.807) is 15.9 Å². The fourth-order valence-corrected chi connectivity index (χ4v) is 3.07. The van der Waals surface area contributed by atoms with Gasteiger partial charge in [0.1, 0.15) is 11.0 Å². The van der Waals surface area contributed by atoms with Crippen LogP contribution in [0.1, 0.15) is 42.3 Å². The molecule has 102 valence electrons. The smallest absolute Gasteiger partial charge is 0.255 e. The van der Waals surface area contributed by atoms with E-state index in [1.165, 1.54) is 15.8 Å². The van der Waals surface area contributed by atoms with Gasteiger partial charge in [-0.25, -0.2) is 4.98 Å². The lowest BCUT2D eigenvalue weighted by Gasteiger charge is -2.13. The van der Waals surface area contributed by atoms with Crippen LogP contribution >= 0.6 is 22.9 Å². The normalized spacial score (nSPS) is 11.2. The van der Waals surface area contributed by atoms with Crippen LogP contribution in [0, 0.1) is 0 Å². The first-order chi connectivity index (χ1) is 9.01. The first-order valence-electron chi connectivity index (χ1n) is 6.36. The highest BCUT2D eigenvalue weighted by Gasteiger charge is 2.12. The van der Waals surface area contributed by atoms with Gasteiger partial charge in [-0.3, -0.25) is 9.36 Å². The van der Waals surface area contributed by atoms with E-state index in [9.17, 15) is 4.79 Å². The molecule has 0 aliphatic rings. The lowest BCUT2D eigenvalue weighted by Crippen LogP contribution is -2.25. The van der Waals surface area contributed by atoms with Crippen LogP contribution in [0.15, 0.2) is 23.0 Å². The molecule has 5 heteroatoms. The summed E-state index contributed by atoms with van der Waals surface area (Å²) in [6.07, 6.45) is 1.02. The van der Waals surface area contributed by atoms with Crippen molar-refractivity contribution >= 4 is 22.9 Å². The predicted octanol–water partition coefficient (Wildman–Crippen LogP) is 3.69. The summed E-state index contributed by atoms with van der Waals surface area (Å²) in [4.78, 5) is 18.9. The molecule has 0 unspecified atom stereocenters. The summed E-state index contributed by atoms with van der Waals surface area (Å²) in [5, 5.41) is 0.269. The Morgan fingerprint density at radius 3 is 2.63 bits per heavy atom. The van der Waals surface area contributed by atoms with Crippen LogP contribution in [0.5, 0.6) is 0 Å². The van der Waals surface area contributed by atoms with E-state index >= 15 is 0 Å². The van der Waals surface area contributed by atoms with Gasteiger partial charge in [-0.2, -0.15) is 0 Å². The van der Waals surface area contributed by atoms with Gasteiger partial charge in [-0.15, -0.1) is 11.3 Å². The van der Waals surface area contributed by atoms with Crippen molar-refractivity contribution in [3.05, 3.63) is 49.3 Å². The van der Waals surface area contributed by atoms with Crippen LogP contribution in [0.4, 0.5) is 0 Å². The second kappa shape index (κ2) is 5.88. The van der Waals surface area contributed by atoms with E-state index in [0.29, 0.717) is 6.54 Å². The maximum absolute atomic E-state index is 12.1. The van der Waals surface area contributed by atoms with Gasteiger partial charge in [-0.1, -0.05) is 32.4 Å². The quantitative estimate of drug-likeness (QED) is 0.807. The number of aromatic nitrogens is 2. The van der Waals surface area contributed by atoms with Crippen molar-refractivity contribution in [3.8, 4) is 0 Å². The Labute approximate surface area is 121 Å². The molecule has 0 aliphatic carbocycles. The summed E-state index contributed by atoms with van der Waals surface area (Å²) in [5.41, 5.74) is -0.0878. The molecule has 0 bridgehead atoms. The second-order valence-corrected chi connectivity index (χ2v) is 6.38. The van der Waals surface area contributed by atoms with E-state index < -0.39 is 0 Å². The Morgan fingerprint density at radius 2 is 2.05 bits per heavy atom. The molecule has 0 spiro atoms. The van der Waals surface area contributed by atoms with Gasteiger partial charge in [0, 0.05) is 21.7 Å². The molecule has 0 N–H and O–H groups in total. The van der Waals surface area contributed by atoms with Gasteiger partial charge in [0.15, 0.2) is 0 Å². The van der Waals surface area contributed by atoms with Crippen molar-refractivity contribution in [3.63, 3.8) is 0 Å². The second-order valence-electron chi connectivity index (χ2n) is 4.74. The summed E-state index contributed by atoms with van der Waals surface area (Å²) in [6.45, 7) is 6.73. The average molecular weight is 297 g/mol. The van der Waals surface area contributed by atoms with Crippen molar-refractivity contribution in [1.82, 2.24) is 9.55 Å². The number of halogens is 1. The molecule has 0 aliphatic heterocycles. The molecule has 0 atom stereocenters. The summed E-state index contributed by atoms with van der Waals surface area (Å²) >= 11 is 7.61. The van der Waals surface area contributed by atoms with E-state index in [1.807, 2.05) is 13.8 Å². The van der Waals surface area contributed by atoms with Crippen LogP contribution < -0.4 is 5.56 Å². The van der Waals surface area contributed by atoms with E-state index in [4.69, 9.17) is 11.6 Å². The zero-order chi connectivity index (χ0) is 14.0. The van der Waals surface area contributed by atoms with Crippen molar-refractivity contribution in [2.45, 2.75) is 39.7 Å². The maximum atomic E-state index is 12.1. The molecule has 2 rings (SSSR count). The molecular formula is C14H17ClN2OS. The Bertz CT molecular complexity index is 631. The molecule has 0 saturated carbocycles. The Kier molecular flexibility index (Phi) is 4.42. The highest BCUT2D eigenvalue weighted by atomic mass is 35.5. The van der Waals surface area contributed by atoms with Crippen LogP contribution in [0.3, 0.4) is 0 Å². The first-order valence-corrected chi connectivity index (χ1v) is 7.55. The minimum absolute atomic E-state index is 0.0878. The Hall–Kier alpha value is -1.13. The third-order valence-electron chi connectivity index (χ3n) is 2.90. The lowest BCUT2D eigenvalue weighted by atomic mass is 10.2. The largest absolute Gasteiger partial charge is 0.291 e. The minimum Gasteiger partial charge on any atom is -0.291 e. The van der Waals surface area contributed by atoms with Crippen LogP contribution in [0.25, 0.3) is 0 Å². The molecule has 19 heavy (non-hydrogen) atoms. The number of hydrogen-bond donors (Lipinski definition) is 0. The van der Waals surface area contributed by atoms with Gasteiger partial charge in [0.25, 0.3) is 5.56 Å². The van der Waals surface area contributed by atoms with E-state index in [-0.39, 0.29) is 16.6 Å². The summed E-state index contributed by atoms with van der Waals surface area (Å²) < 4.78 is 1.71. The standard InChI is InChI=1S/C14H17ClN2OS/c1-4-10-5-6-11(19-10)8-17-13(18)7-12(15)16-14(17)9(2)3/h5-7,9H,4,8H2,1-3H3. The van der Waals surface area contributed by atoms with Crippen LogP contribution in [0.2, 0.25) is 5.15 Å². The zero-order valence-corrected chi connectivity index (χ0v) is 12.9. The fourth-order valence-electron chi connectivity index (χ4n) is 1.95. The number of thiophene rings is 1. The van der Waals surface area contributed by atoms with Gasteiger partial charge in [0.2, 0.25) is 0 Å². The summed E-state index contributed by atoms with van der Waals surface area (Å²) in [6, 6.07) is 5.57. The molecule has 2 aromatic rings. The molecule has 0 aromatic carbocycles. The van der Waals surface area contributed by atoms with Gasteiger partial charge < -0.3 is 0 Å².